The molecule has 0 aromatic heterocycles. The zero-order valence-corrected chi connectivity index (χ0v) is 20.9. The van der Waals surface area contributed by atoms with Gasteiger partial charge in [-0.1, -0.05) is 0 Å². The van der Waals surface area contributed by atoms with Gasteiger partial charge in [-0.3, -0.25) is 4.79 Å². The largest absolute Gasteiger partial charge is 0.466 e. The highest BCUT2D eigenvalue weighted by Crippen LogP contribution is 2.29. The number of ether oxygens (including phenoxy) is 2. The molecule has 0 aliphatic carbocycles. The van der Waals surface area contributed by atoms with Gasteiger partial charge in [0.2, 0.25) is 0 Å². The van der Waals surface area contributed by atoms with Gasteiger partial charge >= 0.3 is 12.1 Å². The summed E-state index contributed by atoms with van der Waals surface area (Å²) < 4.78 is 36.8. The highest BCUT2D eigenvalue weighted by atomic mass is 32.2. The summed E-state index contributed by atoms with van der Waals surface area (Å²) in [6, 6.07) is 7.02. The number of anilines is 1. The summed E-state index contributed by atoms with van der Waals surface area (Å²) in [5, 5.41) is -0.512. The van der Waals surface area contributed by atoms with Gasteiger partial charge in [0.25, 0.3) is 0 Å². The molecule has 0 bridgehead atoms. The second-order valence-electron chi connectivity index (χ2n) is 9.72. The molecule has 0 spiro atoms. The average Bonchev–Trinajstić information content (AvgIpc) is 2.78. The third kappa shape index (κ3) is 6.40. The SMILES string of the molecule is CCOC(=O)C1CCN(c2ccc(S(=O)(=O)C3CCN(C(=O)OC(C)(C)C)CC3)cc2)CC1. The van der Waals surface area contributed by atoms with Crippen molar-refractivity contribution in [2.24, 2.45) is 5.92 Å². The van der Waals surface area contributed by atoms with Crippen molar-refractivity contribution < 1.29 is 27.5 Å². The molecule has 1 aromatic carbocycles. The summed E-state index contributed by atoms with van der Waals surface area (Å²) in [6.07, 6.45) is 1.86. The minimum atomic E-state index is -3.48. The number of amides is 1. The van der Waals surface area contributed by atoms with Crippen LogP contribution >= 0.6 is 0 Å². The molecule has 2 saturated heterocycles. The van der Waals surface area contributed by atoms with Gasteiger partial charge in [0.15, 0.2) is 9.84 Å². The highest BCUT2D eigenvalue weighted by Gasteiger charge is 2.34. The Morgan fingerprint density at radius 3 is 2.06 bits per heavy atom. The second-order valence-corrected chi connectivity index (χ2v) is 11.9. The number of esters is 1. The Morgan fingerprint density at radius 1 is 0.970 bits per heavy atom. The van der Waals surface area contributed by atoms with Crippen LogP contribution in [0.3, 0.4) is 0 Å². The van der Waals surface area contributed by atoms with Crippen molar-refractivity contribution >= 4 is 27.6 Å². The van der Waals surface area contributed by atoms with Crippen LogP contribution < -0.4 is 4.90 Å². The Morgan fingerprint density at radius 2 is 1.55 bits per heavy atom. The van der Waals surface area contributed by atoms with Crippen LogP contribution in [0.1, 0.15) is 53.4 Å². The Hall–Kier alpha value is -2.29. The lowest BCUT2D eigenvalue weighted by Crippen LogP contribution is -2.44. The summed E-state index contributed by atoms with van der Waals surface area (Å²) in [4.78, 5) is 28.2. The molecule has 0 N–H and O–H groups in total. The molecule has 33 heavy (non-hydrogen) atoms. The molecule has 2 fully saturated rings. The fourth-order valence-corrected chi connectivity index (χ4v) is 6.08. The number of piperidine rings is 2. The zero-order valence-electron chi connectivity index (χ0n) is 20.1. The summed E-state index contributed by atoms with van der Waals surface area (Å²) >= 11 is 0. The van der Waals surface area contributed by atoms with Crippen molar-refractivity contribution in [2.45, 2.75) is 69.1 Å². The van der Waals surface area contributed by atoms with E-state index >= 15 is 0 Å². The number of likely N-dealkylation sites (tertiary alicyclic amines) is 1. The van der Waals surface area contributed by atoms with Gasteiger partial charge in [0, 0.05) is 31.9 Å². The molecule has 2 heterocycles. The number of benzene rings is 1. The van der Waals surface area contributed by atoms with Gasteiger partial charge in [-0.15, -0.1) is 0 Å². The van der Waals surface area contributed by atoms with Gasteiger partial charge in [0.1, 0.15) is 5.60 Å². The molecular formula is C24H36N2O6S. The molecule has 2 aliphatic heterocycles. The van der Waals surface area contributed by atoms with Gasteiger partial charge in [-0.25, -0.2) is 13.2 Å². The van der Waals surface area contributed by atoms with Crippen molar-refractivity contribution in [3.05, 3.63) is 24.3 Å². The van der Waals surface area contributed by atoms with E-state index in [1.807, 2.05) is 39.8 Å². The van der Waals surface area contributed by atoms with Gasteiger partial charge in [-0.05, 0) is 77.6 Å². The maximum Gasteiger partial charge on any atom is 0.410 e. The lowest BCUT2D eigenvalue weighted by atomic mass is 9.96. The maximum atomic E-state index is 13.2. The van der Waals surface area contributed by atoms with Gasteiger partial charge < -0.3 is 19.3 Å². The Balaban J connectivity index is 1.56. The number of rotatable bonds is 5. The van der Waals surface area contributed by atoms with Crippen LogP contribution in [0.4, 0.5) is 10.5 Å². The van der Waals surface area contributed by atoms with Crippen molar-refractivity contribution in [3.8, 4) is 0 Å². The normalized spacial score (nSPS) is 18.8. The fraction of sp³-hybridized carbons (Fsp3) is 0.667. The quantitative estimate of drug-likeness (QED) is 0.594. The first-order chi connectivity index (χ1) is 15.5. The Labute approximate surface area is 197 Å². The topological polar surface area (TPSA) is 93.2 Å². The Bertz CT molecular complexity index is 923. The smallest absolute Gasteiger partial charge is 0.410 e. The van der Waals surface area contributed by atoms with Crippen LogP contribution in [0.2, 0.25) is 0 Å². The molecule has 1 aromatic rings. The second kappa shape index (κ2) is 10.3. The third-order valence-electron chi connectivity index (χ3n) is 6.18. The molecule has 1 amide bonds. The van der Waals surface area contributed by atoms with Crippen LogP contribution in [0.5, 0.6) is 0 Å². The number of hydrogen-bond donors (Lipinski definition) is 0. The molecule has 0 unspecified atom stereocenters. The van der Waals surface area contributed by atoms with Crippen LogP contribution in [-0.2, 0) is 24.1 Å². The van der Waals surface area contributed by atoms with Crippen molar-refractivity contribution in [2.75, 3.05) is 37.7 Å². The fourth-order valence-electron chi connectivity index (χ4n) is 4.35. The van der Waals surface area contributed by atoms with Crippen molar-refractivity contribution in [3.63, 3.8) is 0 Å². The predicted molar refractivity (Wildman–Crippen MR) is 126 cm³/mol. The lowest BCUT2D eigenvalue weighted by molar-refractivity contribution is -0.148. The zero-order chi connectivity index (χ0) is 24.2. The van der Waals surface area contributed by atoms with Crippen LogP contribution in [0.25, 0.3) is 0 Å². The molecule has 0 radical (unpaired) electrons. The average molecular weight is 481 g/mol. The molecule has 8 nitrogen and oxygen atoms in total. The summed E-state index contributed by atoms with van der Waals surface area (Å²) in [5.41, 5.74) is 0.381. The van der Waals surface area contributed by atoms with Crippen molar-refractivity contribution in [1.29, 1.82) is 0 Å². The molecular weight excluding hydrogens is 444 g/mol. The van der Waals surface area contributed by atoms with Crippen LogP contribution in [0.15, 0.2) is 29.2 Å². The molecule has 2 aliphatic rings. The van der Waals surface area contributed by atoms with E-state index in [2.05, 4.69) is 4.90 Å². The third-order valence-corrected chi connectivity index (χ3v) is 8.46. The number of sulfone groups is 1. The monoisotopic (exact) mass is 480 g/mol. The molecule has 9 heteroatoms. The molecule has 0 atom stereocenters. The van der Waals surface area contributed by atoms with Crippen LogP contribution in [-0.4, -0.2) is 69.0 Å². The minimum Gasteiger partial charge on any atom is -0.466 e. The number of carbonyl (C=O) groups is 2. The molecule has 0 saturated carbocycles. The number of nitrogens with zero attached hydrogens (tertiary/aromatic N) is 2. The number of hydrogen-bond acceptors (Lipinski definition) is 7. The van der Waals surface area contributed by atoms with E-state index in [-0.39, 0.29) is 11.9 Å². The number of carbonyl (C=O) groups excluding carboxylic acids is 2. The van der Waals surface area contributed by atoms with Crippen molar-refractivity contribution in [1.82, 2.24) is 4.90 Å². The maximum absolute atomic E-state index is 13.2. The summed E-state index contributed by atoms with van der Waals surface area (Å²) in [6.45, 7) is 9.86. The molecule has 184 valence electrons. The minimum absolute atomic E-state index is 0.0626. The van der Waals surface area contributed by atoms with E-state index in [9.17, 15) is 18.0 Å². The van der Waals surface area contributed by atoms with E-state index in [1.54, 1.807) is 17.0 Å². The molecule has 3 rings (SSSR count). The van der Waals surface area contributed by atoms with E-state index in [0.717, 1.165) is 31.6 Å². The van der Waals surface area contributed by atoms with Gasteiger partial charge in [0.05, 0.1) is 22.7 Å². The predicted octanol–water partition coefficient (Wildman–Crippen LogP) is 3.64. The van der Waals surface area contributed by atoms with E-state index in [4.69, 9.17) is 9.47 Å². The van der Waals surface area contributed by atoms with E-state index in [1.165, 1.54) is 0 Å². The van der Waals surface area contributed by atoms with E-state index < -0.39 is 26.8 Å². The Kier molecular flexibility index (Phi) is 7.92. The first kappa shape index (κ1) is 25.3. The van der Waals surface area contributed by atoms with Crippen LogP contribution in [0, 0.1) is 5.92 Å². The summed E-state index contributed by atoms with van der Waals surface area (Å²) in [7, 11) is -3.48. The van der Waals surface area contributed by atoms with Gasteiger partial charge in [-0.2, -0.15) is 0 Å². The summed E-state index contributed by atoms with van der Waals surface area (Å²) in [5.74, 6) is -0.191. The highest BCUT2D eigenvalue weighted by molar-refractivity contribution is 7.92. The lowest BCUT2D eigenvalue weighted by Gasteiger charge is -2.33. The van der Waals surface area contributed by atoms with E-state index in [0.29, 0.717) is 37.4 Å². The standard InChI is InChI=1S/C24H36N2O6S/c1-5-31-22(27)18-10-14-25(15-11-18)19-6-8-20(9-7-19)33(29,30)21-12-16-26(17-13-21)23(28)32-24(2,3)4/h6-9,18,21H,5,10-17H2,1-4H3. The first-order valence-corrected chi connectivity index (χ1v) is 13.3. The first-order valence-electron chi connectivity index (χ1n) is 11.7.